The van der Waals surface area contributed by atoms with E-state index >= 15 is 0 Å². The number of Topliss-reactive ketones (excluding diaryl/α,β-unsaturated/α-hetero) is 1. The van der Waals surface area contributed by atoms with Gasteiger partial charge >= 0.3 is 5.97 Å². The molecule has 90 valence electrons. The van der Waals surface area contributed by atoms with Crippen LogP contribution in [0.15, 0.2) is 30.3 Å². The first kappa shape index (κ1) is 13.2. The van der Waals surface area contributed by atoms with Crippen LogP contribution in [0.5, 0.6) is 0 Å². The first-order valence-electron chi connectivity index (χ1n) is 4.78. The number of benzene rings is 1. The van der Waals surface area contributed by atoms with Crippen molar-refractivity contribution in [1.82, 2.24) is 5.32 Å². The van der Waals surface area contributed by atoms with Gasteiger partial charge < -0.3 is 9.50 Å². The summed E-state index contributed by atoms with van der Waals surface area (Å²) in [5, 5.41) is 2.22. The zero-order valence-electron chi connectivity index (χ0n) is 9.04. The molecule has 1 amide bonds. The van der Waals surface area contributed by atoms with Crippen LogP contribution in [0.3, 0.4) is 0 Å². The van der Waals surface area contributed by atoms with Gasteiger partial charge in [-0.2, -0.15) is 0 Å². The molecule has 0 spiro atoms. The molecule has 5 nitrogen and oxygen atoms in total. The highest BCUT2D eigenvalue weighted by Gasteiger charge is 2.29. The molecular formula is C11H11NO4S. The number of hydrogen-bond donors (Lipinski definition) is 2. The second kappa shape index (κ2) is 6.05. The smallest absolute Gasteiger partial charge is 0.348 e. The number of carbonyl (C=O) groups excluding carboxylic acids is 3. The van der Waals surface area contributed by atoms with Gasteiger partial charge in [0.05, 0.1) is 0 Å². The quantitative estimate of drug-likeness (QED) is 0.360. The number of nitrogens with one attached hydrogen (secondary N) is 1. The van der Waals surface area contributed by atoms with Crippen molar-refractivity contribution >= 4 is 30.6 Å². The van der Waals surface area contributed by atoms with E-state index in [9.17, 15) is 14.4 Å². The van der Waals surface area contributed by atoms with Crippen LogP contribution in [0, 0.1) is 0 Å². The van der Waals surface area contributed by atoms with Gasteiger partial charge in [-0.05, 0) is 0 Å². The molecule has 6 heteroatoms. The van der Waals surface area contributed by atoms with E-state index in [4.69, 9.17) is 0 Å². The van der Waals surface area contributed by atoms with Crippen molar-refractivity contribution in [2.45, 2.75) is 13.0 Å². The molecule has 0 aliphatic rings. The molecule has 1 atom stereocenters. The van der Waals surface area contributed by atoms with Gasteiger partial charge in [0.25, 0.3) is 0 Å². The van der Waals surface area contributed by atoms with Gasteiger partial charge in [-0.3, -0.25) is 9.59 Å². The third-order valence-electron chi connectivity index (χ3n) is 1.99. The summed E-state index contributed by atoms with van der Waals surface area (Å²) in [6.45, 7) is 1.21. The largest absolute Gasteiger partial charge is 0.393 e. The Morgan fingerprint density at radius 2 is 1.82 bits per heavy atom. The summed E-state index contributed by atoms with van der Waals surface area (Å²) in [7, 11) is 0. The fourth-order valence-corrected chi connectivity index (χ4v) is 1.36. The molecule has 0 saturated heterocycles. The van der Waals surface area contributed by atoms with Gasteiger partial charge in [0.15, 0.2) is 11.8 Å². The number of rotatable bonds is 4. The molecule has 1 rings (SSSR count). The van der Waals surface area contributed by atoms with Crippen LogP contribution < -0.4 is 5.32 Å². The Morgan fingerprint density at radius 1 is 1.24 bits per heavy atom. The topological polar surface area (TPSA) is 72.5 Å². The Labute approximate surface area is 104 Å². The van der Waals surface area contributed by atoms with Crippen molar-refractivity contribution in [3.63, 3.8) is 0 Å². The minimum atomic E-state index is -1.37. The van der Waals surface area contributed by atoms with Gasteiger partial charge in [-0.15, -0.1) is 0 Å². The normalized spacial score (nSPS) is 11.4. The average Bonchev–Trinajstić information content (AvgIpc) is 2.35. The molecule has 0 aliphatic carbocycles. The van der Waals surface area contributed by atoms with Crippen LogP contribution in [0.2, 0.25) is 0 Å². The summed E-state index contributed by atoms with van der Waals surface area (Å²) in [6, 6.07) is 6.77. The van der Waals surface area contributed by atoms with E-state index < -0.39 is 23.7 Å². The molecular weight excluding hydrogens is 242 g/mol. The molecule has 0 saturated carbocycles. The molecule has 1 N–H and O–H groups in total. The van der Waals surface area contributed by atoms with Gasteiger partial charge in [0.1, 0.15) is 0 Å². The Morgan fingerprint density at radius 3 is 2.29 bits per heavy atom. The summed E-state index contributed by atoms with van der Waals surface area (Å²) in [6.07, 6.45) is 0. The first-order chi connectivity index (χ1) is 8.06. The Balaban J connectivity index is 2.94. The lowest BCUT2D eigenvalue weighted by molar-refractivity contribution is -0.136. The maximum absolute atomic E-state index is 11.9. The fraction of sp³-hybridized carbons (Fsp3) is 0.182. The van der Waals surface area contributed by atoms with Crippen LogP contribution >= 0.6 is 12.9 Å². The molecule has 1 aromatic carbocycles. The molecule has 17 heavy (non-hydrogen) atoms. The van der Waals surface area contributed by atoms with Crippen molar-refractivity contribution in [3.05, 3.63) is 35.9 Å². The van der Waals surface area contributed by atoms with E-state index in [2.05, 4.69) is 22.4 Å². The highest BCUT2D eigenvalue weighted by atomic mass is 32.1. The second-order valence-electron chi connectivity index (χ2n) is 3.27. The maximum atomic E-state index is 11.9. The molecule has 0 radical (unpaired) electrons. The van der Waals surface area contributed by atoms with Crippen LogP contribution in [0.4, 0.5) is 0 Å². The summed E-state index contributed by atoms with van der Waals surface area (Å²) in [5.74, 6) is -1.96. The molecule has 0 bridgehead atoms. The molecule has 0 aromatic heterocycles. The zero-order valence-corrected chi connectivity index (χ0v) is 9.94. The maximum Gasteiger partial charge on any atom is 0.348 e. The number of hydrogen-bond acceptors (Lipinski definition) is 5. The highest BCUT2D eigenvalue weighted by Crippen LogP contribution is 2.05. The van der Waals surface area contributed by atoms with Gasteiger partial charge in [0, 0.05) is 25.4 Å². The zero-order chi connectivity index (χ0) is 12.8. The van der Waals surface area contributed by atoms with Crippen LogP contribution in [-0.4, -0.2) is 23.7 Å². The lowest BCUT2D eigenvalue weighted by Crippen LogP contribution is -2.45. The highest BCUT2D eigenvalue weighted by molar-refractivity contribution is 7.75. The Hall–Kier alpha value is -1.82. The minimum absolute atomic E-state index is 0.310. The van der Waals surface area contributed by atoms with Crippen LogP contribution in [-0.2, 0) is 13.8 Å². The van der Waals surface area contributed by atoms with Crippen molar-refractivity contribution < 1.29 is 18.6 Å². The summed E-state index contributed by atoms with van der Waals surface area (Å²) < 4.78 is 4.18. The number of carbonyl (C=O) groups is 3. The van der Waals surface area contributed by atoms with Crippen molar-refractivity contribution in [1.29, 1.82) is 0 Å². The number of amides is 1. The van der Waals surface area contributed by atoms with E-state index in [1.807, 2.05) is 0 Å². The van der Waals surface area contributed by atoms with E-state index in [1.54, 1.807) is 30.3 Å². The SMILES string of the molecule is CC(=O)NC(C(=O)OS)C(=O)c1ccccc1. The van der Waals surface area contributed by atoms with Crippen LogP contribution in [0.1, 0.15) is 17.3 Å². The van der Waals surface area contributed by atoms with Crippen molar-refractivity contribution in [2.24, 2.45) is 0 Å². The van der Waals surface area contributed by atoms with E-state index in [0.717, 1.165) is 0 Å². The molecule has 0 fully saturated rings. The third kappa shape index (κ3) is 3.60. The lowest BCUT2D eigenvalue weighted by Gasteiger charge is -2.13. The van der Waals surface area contributed by atoms with Gasteiger partial charge in [0.2, 0.25) is 5.91 Å². The predicted molar refractivity (Wildman–Crippen MR) is 63.5 cm³/mol. The third-order valence-corrected chi connectivity index (χ3v) is 2.17. The molecule has 1 aromatic rings. The second-order valence-corrected chi connectivity index (χ2v) is 3.46. The first-order valence-corrected chi connectivity index (χ1v) is 5.14. The summed E-state index contributed by atoms with van der Waals surface area (Å²) in [4.78, 5) is 34.2. The lowest BCUT2D eigenvalue weighted by atomic mass is 10.0. The number of ketones is 1. The van der Waals surface area contributed by atoms with Gasteiger partial charge in [-0.1, -0.05) is 30.3 Å². The van der Waals surface area contributed by atoms with Crippen molar-refractivity contribution in [2.75, 3.05) is 0 Å². The monoisotopic (exact) mass is 253 g/mol. The predicted octanol–water partition coefficient (Wildman–Crippen LogP) is 0.762. The molecule has 0 heterocycles. The Kier molecular flexibility index (Phi) is 4.71. The van der Waals surface area contributed by atoms with Gasteiger partial charge in [-0.25, -0.2) is 4.79 Å². The van der Waals surface area contributed by atoms with E-state index in [1.165, 1.54) is 6.92 Å². The van der Waals surface area contributed by atoms with Crippen LogP contribution in [0.25, 0.3) is 0 Å². The molecule has 1 unspecified atom stereocenters. The van der Waals surface area contributed by atoms with E-state index in [0.29, 0.717) is 5.56 Å². The summed E-state index contributed by atoms with van der Waals surface area (Å²) >= 11 is 3.33. The Bertz CT molecular complexity index is 432. The average molecular weight is 253 g/mol. The van der Waals surface area contributed by atoms with E-state index in [-0.39, 0.29) is 0 Å². The number of thiol groups is 1. The summed E-state index contributed by atoms with van der Waals surface area (Å²) in [5.41, 5.74) is 0.310. The van der Waals surface area contributed by atoms with Crippen molar-refractivity contribution in [3.8, 4) is 0 Å². The minimum Gasteiger partial charge on any atom is -0.393 e. The fourth-order valence-electron chi connectivity index (χ4n) is 1.26. The molecule has 0 aliphatic heterocycles. The standard InChI is InChI=1S/C11H11NO4S/c1-7(13)12-9(11(15)16-17)10(14)8-5-3-2-4-6-8/h2-6,9,17H,1H3,(H,12,13).